The summed E-state index contributed by atoms with van der Waals surface area (Å²) >= 11 is 18.4. The van der Waals surface area contributed by atoms with Gasteiger partial charge in [0.1, 0.15) is 18.0 Å². The monoisotopic (exact) mass is 568 g/mol. The van der Waals surface area contributed by atoms with Crippen LogP contribution in [0.1, 0.15) is 17.2 Å². The van der Waals surface area contributed by atoms with Crippen LogP contribution in [0.25, 0.3) is 0 Å². The first-order chi connectivity index (χ1) is 17.2. The first-order valence-electron chi connectivity index (χ1n) is 11.0. The maximum absolute atomic E-state index is 13.3. The molecule has 11 heteroatoms. The molecule has 2 aromatic rings. The van der Waals surface area contributed by atoms with Crippen LogP contribution in [0.2, 0.25) is 0 Å². The molecular formula is C25H23Cl3N2O5S. The van der Waals surface area contributed by atoms with Gasteiger partial charge in [-0.3, -0.25) is 9.59 Å². The van der Waals surface area contributed by atoms with Crippen molar-refractivity contribution in [3.05, 3.63) is 83.9 Å². The molecular weight excluding hydrogens is 547 g/mol. The number of alkyl halides is 3. The number of nitrogens with zero attached hydrogens (tertiary/aromatic N) is 1. The fraction of sp³-hybridized carbons (Fsp3) is 0.320. The minimum Gasteiger partial charge on any atom is -0.459 e. The van der Waals surface area contributed by atoms with E-state index in [1.165, 1.54) is 16.7 Å². The number of halogens is 3. The number of rotatable bonds is 8. The fourth-order valence-electron chi connectivity index (χ4n) is 3.98. The van der Waals surface area contributed by atoms with Gasteiger partial charge in [0.15, 0.2) is 12.1 Å². The molecule has 2 heterocycles. The Balaban J connectivity index is 1.45. The molecule has 0 radical (unpaired) electrons. The Morgan fingerprint density at radius 2 is 1.75 bits per heavy atom. The van der Waals surface area contributed by atoms with Gasteiger partial charge in [0.25, 0.3) is 5.91 Å². The van der Waals surface area contributed by atoms with Gasteiger partial charge in [-0.25, -0.2) is 4.79 Å². The van der Waals surface area contributed by atoms with E-state index in [-0.39, 0.29) is 6.61 Å². The van der Waals surface area contributed by atoms with Crippen molar-refractivity contribution in [1.82, 2.24) is 10.2 Å². The highest BCUT2D eigenvalue weighted by Gasteiger charge is 2.57. The average Bonchev–Trinajstić information content (AvgIpc) is 2.86. The quantitative estimate of drug-likeness (QED) is 0.222. The lowest BCUT2D eigenvalue weighted by molar-refractivity contribution is -0.164. The number of hydrogen-bond acceptors (Lipinski definition) is 6. The van der Waals surface area contributed by atoms with Crippen molar-refractivity contribution >= 4 is 64.3 Å². The number of nitrogens with one attached hydrogen (secondary N) is 1. The summed E-state index contributed by atoms with van der Waals surface area (Å²) in [6.45, 7) is 3.65. The van der Waals surface area contributed by atoms with Crippen LogP contribution >= 0.6 is 46.6 Å². The number of thioether (sulfide) groups is 1. The first-order valence-corrected chi connectivity index (χ1v) is 13.2. The summed E-state index contributed by atoms with van der Waals surface area (Å²) in [5.41, 5.74) is 2.07. The van der Waals surface area contributed by atoms with Crippen molar-refractivity contribution in [2.45, 2.75) is 34.0 Å². The summed E-state index contributed by atoms with van der Waals surface area (Å²) in [7, 11) is 0. The Bertz CT molecular complexity index is 1130. The number of fused-ring (bicyclic) bond motifs is 1. The molecule has 0 bridgehead atoms. The van der Waals surface area contributed by atoms with Crippen molar-refractivity contribution in [3.63, 3.8) is 0 Å². The Kier molecular flexibility index (Phi) is 8.52. The summed E-state index contributed by atoms with van der Waals surface area (Å²) < 4.78 is 9.31. The molecule has 2 aliphatic rings. The summed E-state index contributed by atoms with van der Waals surface area (Å²) in [5.74, 6) is -1.20. The van der Waals surface area contributed by atoms with Gasteiger partial charge in [0.05, 0.1) is 6.61 Å². The zero-order chi connectivity index (χ0) is 25.9. The summed E-state index contributed by atoms with van der Waals surface area (Å²) in [4.78, 5) is 40.4. The standard InChI is InChI=1S/C25H23Cl3N2O5S/c1-15-13-36-23-18(22(32)30(23)19(15)24(33)35-14-25(26,27)28)29-21(31)20(17-10-6-3-7-11-17)34-12-16-8-4-2-5-9-16/h2-11,18-20,23H,1,12-14H2,(H,29,31)/t18?,19?,20?,23-/m0/s1. The topological polar surface area (TPSA) is 84.9 Å². The minimum absolute atomic E-state index is 0.216. The summed E-state index contributed by atoms with van der Waals surface area (Å²) in [6.07, 6.45) is -0.929. The maximum Gasteiger partial charge on any atom is 0.333 e. The second kappa shape index (κ2) is 11.4. The van der Waals surface area contributed by atoms with E-state index in [0.29, 0.717) is 16.9 Å². The molecule has 4 rings (SSSR count). The molecule has 3 unspecified atom stereocenters. The molecule has 2 saturated heterocycles. The van der Waals surface area contributed by atoms with Crippen LogP contribution < -0.4 is 5.32 Å². The number of esters is 1. The molecule has 0 aromatic heterocycles. The van der Waals surface area contributed by atoms with Gasteiger partial charge in [-0.05, 0) is 16.7 Å². The van der Waals surface area contributed by atoms with Gasteiger partial charge < -0.3 is 19.7 Å². The van der Waals surface area contributed by atoms with Crippen molar-refractivity contribution in [2.75, 3.05) is 12.4 Å². The number of ether oxygens (including phenoxy) is 2. The van der Waals surface area contributed by atoms with E-state index in [4.69, 9.17) is 44.3 Å². The number of β-lactam (4-membered cyclic amide) rings is 1. The SMILES string of the molecule is C=C1CS[C@H]2C(NC(=O)C(OCc3ccccc3)c3ccccc3)C(=O)N2C1C(=O)OCC(Cl)(Cl)Cl. The fourth-order valence-corrected chi connectivity index (χ4v) is 5.45. The first kappa shape index (κ1) is 26.8. The van der Waals surface area contributed by atoms with Crippen molar-refractivity contribution in [1.29, 1.82) is 0 Å². The number of benzene rings is 2. The van der Waals surface area contributed by atoms with Gasteiger partial charge in [-0.2, -0.15) is 0 Å². The number of amides is 2. The number of carbonyl (C=O) groups excluding carboxylic acids is 3. The Morgan fingerprint density at radius 1 is 1.11 bits per heavy atom. The molecule has 0 saturated carbocycles. The van der Waals surface area contributed by atoms with Crippen LogP contribution in [0.5, 0.6) is 0 Å². The zero-order valence-electron chi connectivity index (χ0n) is 18.9. The van der Waals surface area contributed by atoms with Crippen LogP contribution in [0.4, 0.5) is 0 Å². The van der Waals surface area contributed by atoms with E-state index < -0.39 is 51.7 Å². The molecule has 1 N–H and O–H groups in total. The van der Waals surface area contributed by atoms with E-state index >= 15 is 0 Å². The molecule has 7 nitrogen and oxygen atoms in total. The van der Waals surface area contributed by atoms with Crippen molar-refractivity contribution in [2.24, 2.45) is 0 Å². The highest BCUT2D eigenvalue weighted by Crippen LogP contribution is 2.41. The molecule has 0 aliphatic carbocycles. The van der Waals surface area contributed by atoms with Crippen LogP contribution in [0.15, 0.2) is 72.8 Å². The lowest BCUT2D eigenvalue weighted by Crippen LogP contribution is -2.75. The van der Waals surface area contributed by atoms with Crippen molar-refractivity contribution < 1.29 is 23.9 Å². The van der Waals surface area contributed by atoms with Gasteiger partial charge in [-0.1, -0.05) is 102 Å². The summed E-state index contributed by atoms with van der Waals surface area (Å²) in [6, 6.07) is 16.7. The lowest BCUT2D eigenvalue weighted by atomic mass is 9.98. The average molecular weight is 570 g/mol. The van der Waals surface area contributed by atoms with Crippen LogP contribution in [0, 0.1) is 0 Å². The van der Waals surface area contributed by atoms with Gasteiger partial charge in [0, 0.05) is 5.75 Å². The van der Waals surface area contributed by atoms with E-state index in [9.17, 15) is 14.4 Å². The molecule has 0 spiro atoms. The second-order valence-electron chi connectivity index (χ2n) is 8.30. The third-order valence-corrected chi connectivity index (χ3v) is 7.39. The van der Waals surface area contributed by atoms with E-state index in [1.54, 1.807) is 12.1 Å². The summed E-state index contributed by atoms with van der Waals surface area (Å²) in [5, 5.41) is 2.34. The number of carbonyl (C=O) groups is 3. The zero-order valence-corrected chi connectivity index (χ0v) is 22.0. The number of hydrogen-bond donors (Lipinski definition) is 1. The van der Waals surface area contributed by atoms with E-state index in [0.717, 1.165) is 5.56 Å². The minimum atomic E-state index is -1.78. The lowest BCUT2D eigenvalue weighted by Gasteiger charge is -2.52. The highest BCUT2D eigenvalue weighted by molar-refractivity contribution is 8.00. The second-order valence-corrected chi connectivity index (χ2v) is 11.9. The Hall–Kier alpha value is -2.23. The predicted octanol–water partition coefficient (Wildman–Crippen LogP) is 4.18. The molecule has 2 aromatic carbocycles. The smallest absolute Gasteiger partial charge is 0.333 e. The van der Waals surface area contributed by atoms with Gasteiger partial charge in [0.2, 0.25) is 9.70 Å². The van der Waals surface area contributed by atoms with E-state index in [2.05, 4.69) is 11.9 Å². The van der Waals surface area contributed by atoms with Gasteiger partial charge >= 0.3 is 5.97 Å². The third-order valence-electron chi connectivity index (χ3n) is 5.68. The van der Waals surface area contributed by atoms with Crippen LogP contribution in [-0.2, 0) is 30.5 Å². The third kappa shape index (κ3) is 6.18. The molecule has 190 valence electrons. The van der Waals surface area contributed by atoms with Crippen molar-refractivity contribution in [3.8, 4) is 0 Å². The maximum atomic E-state index is 13.3. The Morgan fingerprint density at radius 3 is 2.39 bits per heavy atom. The molecule has 4 atom stereocenters. The molecule has 2 fully saturated rings. The molecule has 36 heavy (non-hydrogen) atoms. The predicted molar refractivity (Wildman–Crippen MR) is 140 cm³/mol. The van der Waals surface area contributed by atoms with Crippen LogP contribution in [0.3, 0.4) is 0 Å². The molecule has 2 aliphatic heterocycles. The molecule has 2 amide bonds. The van der Waals surface area contributed by atoms with E-state index in [1.807, 2.05) is 48.5 Å². The highest BCUT2D eigenvalue weighted by atomic mass is 35.6. The van der Waals surface area contributed by atoms with Gasteiger partial charge in [-0.15, -0.1) is 11.8 Å². The largest absolute Gasteiger partial charge is 0.459 e. The Labute approximate surface area is 228 Å². The normalized spacial score (nSPS) is 22.3. The van der Waals surface area contributed by atoms with Crippen LogP contribution in [-0.4, -0.2) is 56.3 Å².